The summed E-state index contributed by atoms with van der Waals surface area (Å²) >= 11 is 0. The molecule has 1 fully saturated rings. The lowest BCUT2D eigenvalue weighted by Gasteiger charge is -2.36. The molecular formula is C15H20N4O. The molecule has 5 nitrogen and oxygen atoms in total. The van der Waals surface area contributed by atoms with Crippen LogP contribution in [0.25, 0.3) is 10.9 Å². The van der Waals surface area contributed by atoms with Gasteiger partial charge in [0, 0.05) is 23.7 Å². The zero-order chi connectivity index (χ0) is 14.2. The number of rotatable bonds is 2. The van der Waals surface area contributed by atoms with E-state index in [2.05, 4.69) is 29.1 Å². The van der Waals surface area contributed by atoms with E-state index in [0.29, 0.717) is 11.7 Å². The summed E-state index contributed by atoms with van der Waals surface area (Å²) in [4.78, 5) is 8.64. The molecule has 3 N–H and O–H groups in total. The third-order valence-corrected chi connectivity index (χ3v) is 3.70. The number of aromatic nitrogens is 2. The minimum absolute atomic E-state index is 0.0802. The second kappa shape index (κ2) is 4.90. The van der Waals surface area contributed by atoms with Crippen LogP contribution in [0.4, 0.5) is 11.5 Å². The van der Waals surface area contributed by atoms with Crippen molar-refractivity contribution in [1.29, 1.82) is 0 Å². The zero-order valence-corrected chi connectivity index (χ0v) is 11.9. The number of nitrogens with two attached hydrogens (primary N) is 1. The first kappa shape index (κ1) is 13.1. The summed E-state index contributed by atoms with van der Waals surface area (Å²) in [6, 6.07) is 6.09. The molecule has 1 unspecified atom stereocenters. The Kier molecular flexibility index (Phi) is 3.22. The molecule has 2 heterocycles. The van der Waals surface area contributed by atoms with Crippen LogP contribution in [0.3, 0.4) is 0 Å². The molecule has 3 rings (SSSR count). The maximum atomic E-state index is 5.80. The van der Waals surface area contributed by atoms with E-state index in [4.69, 9.17) is 10.5 Å². The van der Waals surface area contributed by atoms with Crippen LogP contribution in [-0.2, 0) is 4.74 Å². The summed E-state index contributed by atoms with van der Waals surface area (Å²) in [5.74, 6) is 0.873. The first-order valence-electron chi connectivity index (χ1n) is 6.94. The molecule has 5 heteroatoms. The largest absolute Gasteiger partial charge is 0.399 e. The molecule has 0 saturated carbocycles. The van der Waals surface area contributed by atoms with Gasteiger partial charge in [-0.25, -0.2) is 9.97 Å². The average molecular weight is 272 g/mol. The fourth-order valence-corrected chi connectivity index (χ4v) is 2.74. The number of anilines is 2. The van der Waals surface area contributed by atoms with Crippen LogP contribution in [0.5, 0.6) is 0 Å². The van der Waals surface area contributed by atoms with Crippen molar-refractivity contribution in [2.45, 2.75) is 38.3 Å². The van der Waals surface area contributed by atoms with Crippen molar-refractivity contribution in [2.24, 2.45) is 0 Å². The standard InChI is InChI=1S/C15H20N4O/c1-15(2)8-11(5-6-20-15)19-14-12-4-3-10(16)7-13(12)17-9-18-14/h3-4,7,9,11H,5-6,8,16H2,1-2H3,(H,17,18,19). The van der Waals surface area contributed by atoms with E-state index in [1.54, 1.807) is 6.33 Å². The Morgan fingerprint density at radius 1 is 1.35 bits per heavy atom. The smallest absolute Gasteiger partial charge is 0.137 e. The van der Waals surface area contributed by atoms with Crippen molar-refractivity contribution in [2.75, 3.05) is 17.7 Å². The van der Waals surface area contributed by atoms with Crippen LogP contribution in [0, 0.1) is 0 Å². The summed E-state index contributed by atoms with van der Waals surface area (Å²) in [6.07, 6.45) is 3.53. The topological polar surface area (TPSA) is 73.1 Å². The third-order valence-electron chi connectivity index (χ3n) is 3.70. The van der Waals surface area contributed by atoms with Gasteiger partial charge < -0.3 is 15.8 Å². The van der Waals surface area contributed by atoms with Crippen LogP contribution in [0.15, 0.2) is 24.5 Å². The summed E-state index contributed by atoms with van der Waals surface area (Å²) in [6.45, 7) is 5.03. The molecule has 0 bridgehead atoms. The van der Waals surface area contributed by atoms with Gasteiger partial charge in [0.15, 0.2) is 0 Å². The van der Waals surface area contributed by atoms with E-state index in [9.17, 15) is 0 Å². The Morgan fingerprint density at radius 3 is 3.00 bits per heavy atom. The zero-order valence-electron chi connectivity index (χ0n) is 11.9. The number of fused-ring (bicyclic) bond motifs is 1. The van der Waals surface area contributed by atoms with Crippen LogP contribution >= 0.6 is 0 Å². The maximum Gasteiger partial charge on any atom is 0.137 e. The molecule has 106 valence electrons. The fourth-order valence-electron chi connectivity index (χ4n) is 2.74. The van der Waals surface area contributed by atoms with E-state index in [1.165, 1.54) is 0 Å². The molecule has 1 aliphatic rings. The van der Waals surface area contributed by atoms with Gasteiger partial charge in [-0.1, -0.05) is 0 Å². The number of benzene rings is 1. The van der Waals surface area contributed by atoms with Gasteiger partial charge in [-0.15, -0.1) is 0 Å². The summed E-state index contributed by atoms with van der Waals surface area (Å²) in [5.41, 5.74) is 7.30. The Bertz CT molecular complexity index is 626. The van der Waals surface area contributed by atoms with Gasteiger partial charge in [-0.05, 0) is 44.9 Å². The van der Waals surface area contributed by atoms with E-state index >= 15 is 0 Å². The van der Waals surface area contributed by atoms with Gasteiger partial charge in [0.25, 0.3) is 0 Å². The van der Waals surface area contributed by atoms with Crippen molar-refractivity contribution in [1.82, 2.24) is 9.97 Å². The predicted octanol–water partition coefficient (Wildman–Crippen LogP) is 2.58. The first-order chi connectivity index (χ1) is 9.53. The molecule has 2 aromatic rings. The first-order valence-corrected chi connectivity index (χ1v) is 6.94. The molecule has 1 saturated heterocycles. The lowest BCUT2D eigenvalue weighted by Crippen LogP contribution is -2.40. The SMILES string of the molecule is CC1(C)CC(Nc2ncnc3cc(N)ccc23)CCO1. The average Bonchev–Trinajstić information content (AvgIpc) is 2.37. The van der Waals surface area contributed by atoms with E-state index in [0.717, 1.165) is 36.2 Å². The van der Waals surface area contributed by atoms with Gasteiger partial charge in [-0.2, -0.15) is 0 Å². The van der Waals surface area contributed by atoms with Crippen LogP contribution in [0.1, 0.15) is 26.7 Å². The van der Waals surface area contributed by atoms with Crippen molar-refractivity contribution in [3.63, 3.8) is 0 Å². The number of nitrogen functional groups attached to an aromatic ring is 1. The molecule has 1 aromatic heterocycles. The summed E-state index contributed by atoms with van der Waals surface area (Å²) in [7, 11) is 0. The van der Waals surface area contributed by atoms with Crippen LogP contribution in [0.2, 0.25) is 0 Å². The van der Waals surface area contributed by atoms with Gasteiger partial charge in [0.05, 0.1) is 11.1 Å². The number of nitrogens with zero attached hydrogens (tertiary/aromatic N) is 2. The van der Waals surface area contributed by atoms with Crippen LogP contribution in [-0.4, -0.2) is 28.2 Å². The Hall–Kier alpha value is -1.88. The molecular weight excluding hydrogens is 252 g/mol. The summed E-state index contributed by atoms with van der Waals surface area (Å²) < 4.78 is 5.75. The second-order valence-corrected chi connectivity index (χ2v) is 5.94. The molecule has 0 radical (unpaired) electrons. The highest BCUT2D eigenvalue weighted by Crippen LogP contribution is 2.28. The fraction of sp³-hybridized carbons (Fsp3) is 0.467. The monoisotopic (exact) mass is 272 g/mol. The normalized spacial score (nSPS) is 21.8. The second-order valence-electron chi connectivity index (χ2n) is 5.94. The van der Waals surface area contributed by atoms with E-state index < -0.39 is 0 Å². The maximum absolute atomic E-state index is 5.80. The van der Waals surface area contributed by atoms with Crippen LogP contribution < -0.4 is 11.1 Å². The lowest BCUT2D eigenvalue weighted by atomic mass is 9.94. The Labute approximate surface area is 118 Å². The van der Waals surface area contributed by atoms with Gasteiger partial charge in [0.2, 0.25) is 0 Å². The number of nitrogens with one attached hydrogen (secondary N) is 1. The van der Waals surface area contributed by atoms with Crippen molar-refractivity contribution in [3.8, 4) is 0 Å². The van der Waals surface area contributed by atoms with Gasteiger partial charge in [-0.3, -0.25) is 0 Å². The summed E-state index contributed by atoms with van der Waals surface area (Å²) in [5, 5.41) is 4.53. The number of hydrogen-bond donors (Lipinski definition) is 2. The van der Waals surface area contributed by atoms with Gasteiger partial charge in [0.1, 0.15) is 12.1 Å². The molecule has 0 spiro atoms. The third kappa shape index (κ3) is 2.67. The number of ether oxygens (including phenoxy) is 1. The molecule has 1 aromatic carbocycles. The van der Waals surface area contributed by atoms with E-state index in [1.807, 2.05) is 18.2 Å². The number of hydrogen-bond acceptors (Lipinski definition) is 5. The predicted molar refractivity (Wildman–Crippen MR) is 80.6 cm³/mol. The van der Waals surface area contributed by atoms with Crippen molar-refractivity contribution >= 4 is 22.4 Å². The van der Waals surface area contributed by atoms with E-state index in [-0.39, 0.29) is 5.60 Å². The minimum Gasteiger partial charge on any atom is -0.399 e. The molecule has 1 aliphatic heterocycles. The quantitative estimate of drug-likeness (QED) is 0.822. The Morgan fingerprint density at radius 2 is 2.20 bits per heavy atom. The van der Waals surface area contributed by atoms with Crippen molar-refractivity contribution < 1.29 is 4.74 Å². The van der Waals surface area contributed by atoms with Gasteiger partial charge >= 0.3 is 0 Å². The highest BCUT2D eigenvalue weighted by molar-refractivity contribution is 5.90. The highest BCUT2D eigenvalue weighted by Gasteiger charge is 2.29. The lowest BCUT2D eigenvalue weighted by molar-refractivity contribution is -0.0553. The Balaban J connectivity index is 1.87. The molecule has 1 atom stereocenters. The molecule has 0 amide bonds. The highest BCUT2D eigenvalue weighted by atomic mass is 16.5. The molecule has 20 heavy (non-hydrogen) atoms. The van der Waals surface area contributed by atoms with Crippen molar-refractivity contribution in [3.05, 3.63) is 24.5 Å². The minimum atomic E-state index is -0.0802. The molecule has 0 aliphatic carbocycles.